The maximum absolute atomic E-state index is 11.4. The van der Waals surface area contributed by atoms with Crippen molar-refractivity contribution in [3.8, 4) is 11.5 Å². The Kier molecular flexibility index (Phi) is 5.33. The molecule has 1 aliphatic heterocycles. The van der Waals surface area contributed by atoms with Crippen LogP contribution in [0.3, 0.4) is 0 Å². The van der Waals surface area contributed by atoms with Gasteiger partial charge in [0.1, 0.15) is 0 Å². The van der Waals surface area contributed by atoms with Crippen LogP contribution >= 0.6 is 0 Å². The molecular weight excluding hydrogens is 370 g/mol. The summed E-state index contributed by atoms with van der Waals surface area (Å²) in [6, 6.07) is 12.8. The number of rotatable bonds is 4. The van der Waals surface area contributed by atoms with Crippen LogP contribution in [-0.4, -0.2) is 33.1 Å². The van der Waals surface area contributed by atoms with E-state index in [2.05, 4.69) is 15.1 Å². The van der Waals surface area contributed by atoms with Crippen molar-refractivity contribution >= 4 is 17.6 Å². The molecule has 8 nitrogen and oxygen atoms in total. The van der Waals surface area contributed by atoms with Crippen molar-refractivity contribution in [1.82, 2.24) is 15.1 Å². The van der Waals surface area contributed by atoms with Gasteiger partial charge in [-0.1, -0.05) is 28.9 Å². The van der Waals surface area contributed by atoms with Gasteiger partial charge in [0.25, 0.3) is 5.89 Å². The van der Waals surface area contributed by atoms with E-state index < -0.39 is 0 Å². The van der Waals surface area contributed by atoms with Crippen molar-refractivity contribution in [3.63, 3.8) is 0 Å². The minimum absolute atomic E-state index is 0.0497. The molecule has 3 aromatic rings. The highest BCUT2D eigenvalue weighted by atomic mass is 16.6. The normalized spacial score (nSPS) is 16.0. The summed E-state index contributed by atoms with van der Waals surface area (Å²) in [7, 11) is 0. The Morgan fingerprint density at radius 3 is 2.72 bits per heavy atom. The predicted octanol–water partition coefficient (Wildman–Crippen LogP) is 4.42. The second-order valence-corrected chi connectivity index (χ2v) is 7.02. The van der Waals surface area contributed by atoms with Crippen LogP contribution in [0.4, 0.5) is 11.5 Å². The van der Waals surface area contributed by atoms with E-state index in [0.717, 1.165) is 37.1 Å². The fourth-order valence-corrected chi connectivity index (χ4v) is 3.45. The van der Waals surface area contributed by atoms with Gasteiger partial charge in [0, 0.05) is 30.4 Å². The summed E-state index contributed by atoms with van der Waals surface area (Å²) < 4.78 is 5.37. The summed E-state index contributed by atoms with van der Waals surface area (Å²) in [5, 5.41) is 15.5. The number of anilines is 1. The van der Waals surface area contributed by atoms with Crippen molar-refractivity contribution in [2.75, 3.05) is 18.0 Å². The predicted molar refractivity (Wildman–Crippen MR) is 109 cm³/mol. The van der Waals surface area contributed by atoms with Gasteiger partial charge >= 0.3 is 5.69 Å². The number of aromatic nitrogens is 3. The van der Waals surface area contributed by atoms with Crippen molar-refractivity contribution in [2.45, 2.75) is 26.2 Å². The Morgan fingerprint density at radius 2 is 1.93 bits per heavy atom. The summed E-state index contributed by atoms with van der Waals surface area (Å²) in [5.41, 5.74) is 2.90. The Bertz CT molecular complexity index is 1050. The second-order valence-electron chi connectivity index (χ2n) is 7.02. The van der Waals surface area contributed by atoms with E-state index in [-0.39, 0.29) is 10.6 Å². The Labute approximate surface area is 168 Å². The zero-order chi connectivity index (χ0) is 20.2. The molecule has 1 fully saturated rings. The molecule has 0 N–H and O–H groups in total. The van der Waals surface area contributed by atoms with Crippen LogP contribution in [0.15, 0.2) is 52.6 Å². The Balaban J connectivity index is 1.51. The summed E-state index contributed by atoms with van der Waals surface area (Å²) in [5.74, 6) is 1.49. The first kappa shape index (κ1) is 18.8. The molecule has 4 rings (SSSR count). The summed E-state index contributed by atoms with van der Waals surface area (Å²) >= 11 is 0. The average Bonchev–Trinajstić information content (AvgIpc) is 3.06. The first-order valence-electron chi connectivity index (χ1n) is 9.56. The average molecular weight is 391 g/mol. The zero-order valence-electron chi connectivity index (χ0n) is 16.1. The number of nitro groups is 1. The fourth-order valence-electron chi connectivity index (χ4n) is 3.45. The third-order valence-corrected chi connectivity index (χ3v) is 4.91. The number of benzene rings is 1. The molecule has 2 aromatic heterocycles. The molecule has 148 valence electrons. The highest BCUT2D eigenvalue weighted by molar-refractivity contribution is 5.59. The van der Waals surface area contributed by atoms with Crippen molar-refractivity contribution < 1.29 is 9.45 Å². The van der Waals surface area contributed by atoms with E-state index in [9.17, 15) is 10.1 Å². The van der Waals surface area contributed by atoms with Crippen LogP contribution in [-0.2, 0) is 0 Å². The van der Waals surface area contributed by atoms with Gasteiger partial charge in [-0.2, -0.15) is 4.98 Å². The van der Waals surface area contributed by atoms with Crippen LogP contribution < -0.4 is 4.90 Å². The van der Waals surface area contributed by atoms with E-state index in [0.29, 0.717) is 24.1 Å². The number of aryl methyl sites for hydroxylation is 1. The molecule has 1 saturated heterocycles. The van der Waals surface area contributed by atoms with Gasteiger partial charge in [0.2, 0.25) is 5.82 Å². The Hall–Kier alpha value is -3.55. The van der Waals surface area contributed by atoms with E-state index in [4.69, 9.17) is 4.52 Å². The van der Waals surface area contributed by atoms with Crippen LogP contribution in [0.1, 0.15) is 30.8 Å². The molecule has 3 heterocycles. The lowest BCUT2D eigenvalue weighted by atomic mass is 10.1. The molecule has 8 heteroatoms. The Morgan fingerprint density at radius 1 is 1.10 bits per heavy atom. The first-order valence-corrected chi connectivity index (χ1v) is 9.56. The lowest BCUT2D eigenvalue weighted by Gasteiger charge is -2.21. The van der Waals surface area contributed by atoms with Gasteiger partial charge in [-0.25, -0.2) is 4.98 Å². The van der Waals surface area contributed by atoms with E-state index in [1.54, 1.807) is 6.07 Å². The highest BCUT2D eigenvalue weighted by Crippen LogP contribution is 2.29. The fraction of sp³-hybridized carbons (Fsp3) is 0.286. The molecule has 0 aliphatic carbocycles. The number of hydrogen-bond donors (Lipinski definition) is 0. The molecule has 0 unspecified atom stereocenters. The van der Waals surface area contributed by atoms with Crippen molar-refractivity contribution in [1.29, 1.82) is 0 Å². The minimum atomic E-state index is -0.367. The SMILES string of the molecule is Cc1ccc([N+](=O)[O-])c(N2CCC/C(=C\c3noc(-c4ccccc4)n3)CC2)n1. The van der Waals surface area contributed by atoms with Crippen molar-refractivity contribution in [2.24, 2.45) is 0 Å². The molecule has 0 spiro atoms. The number of nitrogens with zero attached hydrogens (tertiary/aromatic N) is 5. The lowest BCUT2D eigenvalue weighted by molar-refractivity contribution is -0.384. The van der Waals surface area contributed by atoms with Gasteiger partial charge < -0.3 is 9.42 Å². The van der Waals surface area contributed by atoms with Gasteiger partial charge in [-0.05, 0) is 50.5 Å². The monoisotopic (exact) mass is 391 g/mol. The minimum Gasteiger partial charge on any atom is -0.351 e. The molecule has 0 radical (unpaired) electrons. The molecule has 0 atom stereocenters. The maximum Gasteiger partial charge on any atom is 0.311 e. The molecule has 1 aromatic carbocycles. The standard InChI is InChI=1S/C21H21N5O3/c1-15-9-10-18(26(27)28)20(22-15)25-12-5-6-16(11-13-25)14-19-23-21(29-24-19)17-7-3-2-4-8-17/h2-4,7-10,14H,5-6,11-13H2,1H3/b16-14+. The van der Waals surface area contributed by atoms with E-state index in [1.165, 1.54) is 11.6 Å². The zero-order valence-corrected chi connectivity index (χ0v) is 16.1. The van der Waals surface area contributed by atoms with E-state index in [1.807, 2.05) is 48.2 Å². The van der Waals surface area contributed by atoms with Gasteiger partial charge in [-0.3, -0.25) is 10.1 Å². The third kappa shape index (κ3) is 4.31. The largest absolute Gasteiger partial charge is 0.351 e. The summed E-state index contributed by atoms with van der Waals surface area (Å²) in [4.78, 5) is 21.9. The number of pyridine rings is 1. The first-order chi connectivity index (χ1) is 14.1. The molecule has 1 aliphatic rings. The lowest BCUT2D eigenvalue weighted by Crippen LogP contribution is -2.26. The summed E-state index contributed by atoms with van der Waals surface area (Å²) in [6.07, 6.45) is 4.48. The molecule has 0 amide bonds. The quantitative estimate of drug-likeness (QED) is 0.479. The smallest absolute Gasteiger partial charge is 0.311 e. The van der Waals surface area contributed by atoms with Gasteiger partial charge in [0.05, 0.1) is 4.92 Å². The van der Waals surface area contributed by atoms with Crippen LogP contribution in [0.5, 0.6) is 0 Å². The van der Waals surface area contributed by atoms with Crippen LogP contribution in [0.25, 0.3) is 17.5 Å². The highest BCUT2D eigenvalue weighted by Gasteiger charge is 2.23. The van der Waals surface area contributed by atoms with Gasteiger partial charge in [-0.15, -0.1) is 0 Å². The van der Waals surface area contributed by atoms with Crippen LogP contribution in [0, 0.1) is 17.0 Å². The molecule has 0 bridgehead atoms. The third-order valence-electron chi connectivity index (χ3n) is 4.91. The van der Waals surface area contributed by atoms with Crippen molar-refractivity contribution in [3.05, 3.63) is 69.7 Å². The second kappa shape index (κ2) is 8.22. The molecule has 29 heavy (non-hydrogen) atoms. The topological polar surface area (TPSA) is 98.2 Å². The summed E-state index contributed by atoms with van der Waals surface area (Å²) in [6.45, 7) is 3.22. The van der Waals surface area contributed by atoms with Crippen LogP contribution in [0.2, 0.25) is 0 Å². The van der Waals surface area contributed by atoms with E-state index >= 15 is 0 Å². The maximum atomic E-state index is 11.4. The molecule has 0 saturated carbocycles. The number of hydrogen-bond acceptors (Lipinski definition) is 7. The molecular formula is C21H21N5O3. The van der Waals surface area contributed by atoms with Gasteiger partial charge in [0.15, 0.2) is 5.82 Å².